The fourth-order valence-corrected chi connectivity index (χ4v) is 3.80. The molecular formula is C18H21O4P. The van der Waals surface area contributed by atoms with Gasteiger partial charge in [0.15, 0.2) is 5.78 Å². The molecule has 0 atom stereocenters. The molecule has 0 heterocycles. The lowest BCUT2D eigenvalue weighted by molar-refractivity contribution is 0.0993. The molecule has 0 spiro atoms. The second-order valence-corrected chi connectivity index (χ2v) is 6.99. The number of benzene rings is 2. The van der Waals surface area contributed by atoms with E-state index in [0.29, 0.717) is 30.5 Å². The Bertz CT molecular complexity index is 670. The molecule has 0 saturated carbocycles. The fourth-order valence-electron chi connectivity index (χ4n) is 2.23. The van der Waals surface area contributed by atoms with Crippen LogP contribution in [-0.4, -0.2) is 19.0 Å². The molecule has 4 nitrogen and oxygen atoms in total. The highest BCUT2D eigenvalue weighted by molar-refractivity contribution is 7.62. The van der Waals surface area contributed by atoms with Crippen LogP contribution in [-0.2, 0) is 20.0 Å². The first-order chi connectivity index (χ1) is 11.1. The molecule has 2 aromatic rings. The number of Topliss-reactive ketones (excluding diaryl/α,β-unsaturated/α-hetero) is 1. The van der Waals surface area contributed by atoms with E-state index in [2.05, 4.69) is 0 Å². The molecule has 0 radical (unpaired) electrons. The van der Waals surface area contributed by atoms with Crippen LogP contribution in [0.4, 0.5) is 0 Å². The normalized spacial score (nSPS) is 11.4. The summed E-state index contributed by atoms with van der Waals surface area (Å²) in [6.45, 7) is 4.17. The van der Waals surface area contributed by atoms with E-state index in [-0.39, 0.29) is 5.78 Å². The van der Waals surface area contributed by atoms with Crippen LogP contribution in [0.1, 0.15) is 29.8 Å². The van der Waals surface area contributed by atoms with Gasteiger partial charge in [0.25, 0.3) is 0 Å². The Kier molecular flexibility index (Phi) is 6.28. The summed E-state index contributed by atoms with van der Waals surface area (Å²) in [5.74, 6) is 0.0520. The lowest BCUT2D eigenvalue weighted by Crippen LogP contribution is -2.11. The highest BCUT2D eigenvalue weighted by Crippen LogP contribution is 2.46. The molecular weight excluding hydrogens is 311 g/mol. The van der Waals surface area contributed by atoms with E-state index in [0.717, 1.165) is 5.56 Å². The molecule has 0 bridgehead atoms. The van der Waals surface area contributed by atoms with Gasteiger partial charge in [-0.15, -0.1) is 0 Å². The topological polar surface area (TPSA) is 52.6 Å². The Morgan fingerprint density at radius 1 is 0.913 bits per heavy atom. The molecule has 0 aromatic heterocycles. The summed E-state index contributed by atoms with van der Waals surface area (Å²) in [4.78, 5) is 12.2. The highest BCUT2D eigenvalue weighted by Gasteiger charge is 2.26. The Labute approximate surface area is 137 Å². The maximum Gasteiger partial charge on any atom is 0.361 e. The fraction of sp³-hybridized carbons (Fsp3) is 0.278. The second kappa shape index (κ2) is 8.21. The average Bonchev–Trinajstić information content (AvgIpc) is 2.56. The van der Waals surface area contributed by atoms with E-state index in [9.17, 15) is 9.36 Å². The second-order valence-electron chi connectivity index (χ2n) is 4.97. The van der Waals surface area contributed by atoms with Crippen molar-refractivity contribution in [2.24, 2.45) is 0 Å². The lowest BCUT2D eigenvalue weighted by atomic mass is 10.0. The van der Waals surface area contributed by atoms with Crippen molar-refractivity contribution in [2.75, 3.05) is 13.2 Å². The molecule has 0 aliphatic carbocycles. The molecule has 23 heavy (non-hydrogen) atoms. The molecule has 0 aliphatic heterocycles. The van der Waals surface area contributed by atoms with Crippen LogP contribution in [0, 0.1) is 0 Å². The van der Waals surface area contributed by atoms with Gasteiger partial charge in [0.2, 0.25) is 0 Å². The predicted molar refractivity (Wildman–Crippen MR) is 91.4 cm³/mol. The maximum atomic E-state index is 12.7. The van der Waals surface area contributed by atoms with E-state index >= 15 is 0 Å². The van der Waals surface area contributed by atoms with Crippen molar-refractivity contribution in [2.45, 2.75) is 20.3 Å². The molecule has 5 heteroatoms. The summed E-state index contributed by atoms with van der Waals surface area (Å²) in [7, 11) is -3.27. The zero-order valence-corrected chi connectivity index (χ0v) is 14.3. The van der Waals surface area contributed by atoms with Gasteiger partial charge in [-0.05, 0) is 31.5 Å². The number of carbonyl (C=O) groups is 1. The van der Waals surface area contributed by atoms with Gasteiger partial charge in [-0.25, -0.2) is 0 Å². The summed E-state index contributed by atoms with van der Waals surface area (Å²) in [5, 5.41) is 0.511. The van der Waals surface area contributed by atoms with Crippen LogP contribution in [0.3, 0.4) is 0 Å². The zero-order valence-electron chi connectivity index (χ0n) is 13.4. The van der Waals surface area contributed by atoms with Crippen molar-refractivity contribution >= 4 is 18.7 Å². The van der Waals surface area contributed by atoms with Crippen molar-refractivity contribution in [3.05, 3.63) is 65.7 Å². The summed E-state index contributed by atoms with van der Waals surface area (Å²) in [6.07, 6.45) is 0.303. The molecule has 2 aromatic carbocycles. The van der Waals surface area contributed by atoms with Crippen LogP contribution < -0.4 is 5.30 Å². The number of hydrogen-bond donors (Lipinski definition) is 0. The van der Waals surface area contributed by atoms with Crippen molar-refractivity contribution in [3.8, 4) is 0 Å². The van der Waals surface area contributed by atoms with Gasteiger partial charge in [-0.3, -0.25) is 9.36 Å². The van der Waals surface area contributed by atoms with Gasteiger partial charge in [0.05, 0.1) is 18.5 Å². The minimum absolute atomic E-state index is 0.0520. The van der Waals surface area contributed by atoms with E-state index in [1.807, 2.05) is 18.2 Å². The standard InChI is InChI=1S/C18H21O4P/c1-3-21-23(20,22-4-2)17-12-10-15(11-13-17)14-18(19)16-8-6-5-7-9-16/h5-13H,3-4,14H2,1-2H3. The van der Waals surface area contributed by atoms with Gasteiger partial charge < -0.3 is 9.05 Å². The third kappa shape index (κ3) is 4.61. The molecule has 0 fully saturated rings. The molecule has 0 unspecified atom stereocenters. The molecule has 0 amide bonds. The summed E-state index contributed by atoms with van der Waals surface area (Å²) in [6, 6.07) is 16.2. The highest BCUT2D eigenvalue weighted by atomic mass is 31.2. The van der Waals surface area contributed by atoms with Gasteiger partial charge in [-0.2, -0.15) is 0 Å². The molecule has 0 aliphatic rings. The number of ketones is 1. The Balaban J connectivity index is 2.13. The summed E-state index contributed by atoms with van der Waals surface area (Å²) < 4.78 is 23.3. The monoisotopic (exact) mass is 332 g/mol. The van der Waals surface area contributed by atoms with Crippen molar-refractivity contribution in [1.82, 2.24) is 0 Å². The third-order valence-corrected chi connectivity index (χ3v) is 5.44. The largest absolute Gasteiger partial charge is 0.361 e. The van der Waals surface area contributed by atoms with E-state index < -0.39 is 7.60 Å². The molecule has 2 rings (SSSR count). The molecule has 122 valence electrons. The molecule has 0 saturated heterocycles. The van der Waals surface area contributed by atoms with Crippen LogP contribution >= 0.6 is 7.60 Å². The first kappa shape index (κ1) is 17.6. The van der Waals surface area contributed by atoms with Gasteiger partial charge in [0.1, 0.15) is 0 Å². The number of rotatable bonds is 8. The third-order valence-electron chi connectivity index (χ3n) is 3.31. The average molecular weight is 332 g/mol. The van der Waals surface area contributed by atoms with Gasteiger partial charge >= 0.3 is 7.60 Å². The Hall–Kier alpha value is -1.74. The molecule has 0 N–H and O–H groups in total. The van der Waals surface area contributed by atoms with E-state index in [1.54, 1.807) is 50.2 Å². The van der Waals surface area contributed by atoms with Crippen molar-refractivity contribution in [1.29, 1.82) is 0 Å². The first-order valence-corrected chi connectivity index (χ1v) is 9.20. The van der Waals surface area contributed by atoms with Crippen LogP contribution in [0.15, 0.2) is 54.6 Å². The van der Waals surface area contributed by atoms with Gasteiger partial charge in [-0.1, -0.05) is 42.5 Å². The minimum Gasteiger partial charge on any atom is -0.305 e. The minimum atomic E-state index is -3.27. The number of carbonyl (C=O) groups excluding carboxylic acids is 1. The summed E-state index contributed by atoms with van der Waals surface area (Å²) in [5.41, 5.74) is 1.55. The maximum absolute atomic E-state index is 12.7. The van der Waals surface area contributed by atoms with E-state index in [4.69, 9.17) is 9.05 Å². The van der Waals surface area contributed by atoms with Crippen molar-refractivity contribution in [3.63, 3.8) is 0 Å². The predicted octanol–water partition coefficient (Wildman–Crippen LogP) is 4.00. The number of hydrogen-bond acceptors (Lipinski definition) is 4. The smallest absolute Gasteiger partial charge is 0.305 e. The van der Waals surface area contributed by atoms with E-state index in [1.165, 1.54) is 0 Å². The first-order valence-electron chi connectivity index (χ1n) is 7.66. The summed E-state index contributed by atoms with van der Waals surface area (Å²) >= 11 is 0. The SMILES string of the molecule is CCOP(=O)(OCC)c1ccc(CC(=O)c2ccccc2)cc1. The zero-order chi connectivity index (χ0) is 16.7. The quantitative estimate of drug-likeness (QED) is 0.541. The van der Waals surface area contributed by atoms with Gasteiger partial charge in [0, 0.05) is 12.0 Å². The Morgan fingerprint density at radius 3 is 2.00 bits per heavy atom. The van der Waals surface area contributed by atoms with Crippen LogP contribution in [0.25, 0.3) is 0 Å². The Morgan fingerprint density at radius 2 is 1.48 bits per heavy atom. The van der Waals surface area contributed by atoms with Crippen LogP contribution in [0.2, 0.25) is 0 Å². The van der Waals surface area contributed by atoms with Crippen molar-refractivity contribution < 1.29 is 18.4 Å². The van der Waals surface area contributed by atoms with Crippen LogP contribution in [0.5, 0.6) is 0 Å². The lowest BCUT2D eigenvalue weighted by Gasteiger charge is -2.17.